The summed E-state index contributed by atoms with van der Waals surface area (Å²) in [7, 11) is -3.65. The number of sulfonamides is 1. The van der Waals surface area contributed by atoms with Crippen LogP contribution in [0.15, 0.2) is 4.90 Å². The molecule has 0 bridgehead atoms. The van der Waals surface area contributed by atoms with Crippen molar-refractivity contribution >= 4 is 32.3 Å². The highest BCUT2D eigenvalue weighted by molar-refractivity contribution is 7.90. The van der Waals surface area contributed by atoms with E-state index in [0.29, 0.717) is 28.8 Å². The predicted octanol–water partition coefficient (Wildman–Crippen LogP) is 2.19. The lowest BCUT2D eigenvalue weighted by Gasteiger charge is -2.27. The fourth-order valence-electron chi connectivity index (χ4n) is 3.97. The van der Waals surface area contributed by atoms with Gasteiger partial charge in [0.2, 0.25) is 15.9 Å². The highest BCUT2D eigenvalue weighted by atomic mass is 32.2. The Morgan fingerprint density at radius 3 is 2.62 bits per heavy atom. The molecule has 0 aliphatic heterocycles. The molecule has 29 heavy (non-hydrogen) atoms. The summed E-state index contributed by atoms with van der Waals surface area (Å²) in [6, 6.07) is 0.218. The maximum absolute atomic E-state index is 13.2. The molecule has 0 radical (unpaired) electrons. The summed E-state index contributed by atoms with van der Waals surface area (Å²) in [5.41, 5.74) is 0.886. The molecular weight excluding hydrogens is 408 g/mol. The molecular formula is C20H32N4O3S2. The number of carbonyl (C=O) groups is 1. The van der Waals surface area contributed by atoms with Crippen molar-refractivity contribution in [3.63, 3.8) is 0 Å². The number of aryl methyl sites for hydroxylation is 1. The van der Waals surface area contributed by atoms with E-state index >= 15 is 0 Å². The average Bonchev–Trinajstić information content (AvgIpc) is 3.57. The Kier molecular flexibility index (Phi) is 6.32. The second-order valence-electron chi connectivity index (χ2n) is 8.61. The molecule has 1 aromatic heterocycles. The zero-order chi connectivity index (χ0) is 20.6. The van der Waals surface area contributed by atoms with Crippen molar-refractivity contribution in [3.05, 3.63) is 10.4 Å². The van der Waals surface area contributed by atoms with Gasteiger partial charge in [0.05, 0.1) is 6.17 Å². The zero-order valence-corrected chi connectivity index (χ0v) is 18.8. The van der Waals surface area contributed by atoms with E-state index in [1.54, 1.807) is 0 Å². The van der Waals surface area contributed by atoms with E-state index in [9.17, 15) is 13.2 Å². The van der Waals surface area contributed by atoms with Gasteiger partial charge in [-0.05, 0) is 69.9 Å². The van der Waals surface area contributed by atoms with Crippen LogP contribution in [0.5, 0.6) is 0 Å². The Balaban J connectivity index is 1.59. The van der Waals surface area contributed by atoms with E-state index in [1.807, 2.05) is 0 Å². The Bertz CT molecular complexity index is 859. The van der Waals surface area contributed by atoms with Gasteiger partial charge in [0.1, 0.15) is 9.90 Å². The van der Waals surface area contributed by atoms with Gasteiger partial charge in [-0.3, -0.25) is 10.1 Å². The van der Waals surface area contributed by atoms with Crippen molar-refractivity contribution in [1.82, 2.24) is 15.4 Å². The first-order valence-corrected chi connectivity index (χ1v) is 13.1. The molecule has 9 heteroatoms. The number of amides is 1. The Morgan fingerprint density at radius 1 is 1.21 bits per heavy atom. The third kappa shape index (κ3) is 5.19. The van der Waals surface area contributed by atoms with Crippen molar-refractivity contribution in [1.29, 1.82) is 0 Å². The first-order valence-electron chi connectivity index (χ1n) is 10.8. The predicted molar refractivity (Wildman–Crippen MR) is 116 cm³/mol. The summed E-state index contributed by atoms with van der Waals surface area (Å²) in [6.45, 7) is 5.53. The molecule has 1 heterocycles. The van der Waals surface area contributed by atoms with Crippen LogP contribution in [0.4, 0.5) is 5.00 Å². The van der Waals surface area contributed by atoms with Crippen LogP contribution in [0.3, 0.4) is 0 Å². The second-order valence-corrected chi connectivity index (χ2v) is 11.4. The third-order valence-corrected chi connectivity index (χ3v) is 8.79. The fraction of sp³-hybridized carbons (Fsp3) is 0.750. The van der Waals surface area contributed by atoms with Crippen LogP contribution >= 0.6 is 11.3 Å². The van der Waals surface area contributed by atoms with Gasteiger partial charge < -0.3 is 10.6 Å². The number of thiophene rings is 1. The Labute approximate surface area is 177 Å². The van der Waals surface area contributed by atoms with Gasteiger partial charge in [0.15, 0.2) is 0 Å². The summed E-state index contributed by atoms with van der Waals surface area (Å²) >= 11 is 1.45. The molecule has 162 valence electrons. The van der Waals surface area contributed by atoms with Crippen LogP contribution in [-0.2, 0) is 27.7 Å². The van der Waals surface area contributed by atoms with Gasteiger partial charge in [-0.15, -0.1) is 11.3 Å². The van der Waals surface area contributed by atoms with Crippen LogP contribution in [0.2, 0.25) is 0 Å². The summed E-state index contributed by atoms with van der Waals surface area (Å²) < 4.78 is 29.3. The monoisotopic (exact) mass is 440 g/mol. The van der Waals surface area contributed by atoms with Gasteiger partial charge in [0, 0.05) is 23.4 Å². The zero-order valence-electron chi connectivity index (χ0n) is 17.2. The number of hydrogen-bond acceptors (Lipinski definition) is 6. The largest absolute Gasteiger partial charge is 0.316 e. The Hall–Kier alpha value is -1.00. The minimum Gasteiger partial charge on any atom is -0.316 e. The maximum Gasteiger partial charge on any atom is 0.243 e. The molecule has 2 unspecified atom stereocenters. The Morgan fingerprint density at radius 2 is 1.97 bits per heavy atom. The minimum absolute atomic E-state index is 0.0412. The number of anilines is 1. The molecule has 2 atom stereocenters. The quantitative estimate of drug-likeness (QED) is 0.418. The summed E-state index contributed by atoms with van der Waals surface area (Å²) in [5, 5.41) is 10.4. The smallest absolute Gasteiger partial charge is 0.243 e. The lowest BCUT2D eigenvalue weighted by atomic mass is 9.94. The molecule has 2 fully saturated rings. The number of rotatable bonds is 10. The molecule has 3 aliphatic rings. The van der Waals surface area contributed by atoms with Crippen molar-refractivity contribution < 1.29 is 13.2 Å². The fourth-order valence-corrected chi connectivity index (χ4v) is 7.05. The molecule has 3 aliphatic carbocycles. The minimum atomic E-state index is -3.65. The van der Waals surface area contributed by atoms with Gasteiger partial charge in [-0.2, -0.15) is 0 Å². The lowest BCUT2D eigenvalue weighted by Crippen LogP contribution is -2.47. The molecule has 4 rings (SSSR count). The molecule has 0 saturated heterocycles. The van der Waals surface area contributed by atoms with Crippen LogP contribution in [0.25, 0.3) is 0 Å². The topological polar surface area (TPSA) is 99.3 Å². The molecule has 7 nitrogen and oxygen atoms in total. The van der Waals surface area contributed by atoms with Gasteiger partial charge in [0.25, 0.3) is 0 Å². The van der Waals surface area contributed by atoms with Gasteiger partial charge in [-0.25, -0.2) is 13.1 Å². The molecule has 0 aromatic carbocycles. The number of fused-ring (bicyclic) bond motifs is 1. The highest BCUT2D eigenvalue weighted by Gasteiger charge is 2.36. The van der Waals surface area contributed by atoms with E-state index in [2.05, 4.69) is 34.5 Å². The van der Waals surface area contributed by atoms with Crippen molar-refractivity contribution in [2.45, 2.75) is 75.9 Å². The normalized spacial score (nSPS) is 22.9. The highest BCUT2D eigenvalue weighted by Crippen LogP contribution is 2.42. The molecule has 1 amide bonds. The molecule has 1 aromatic rings. The van der Waals surface area contributed by atoms with Crippen LogP contribution < -0.4 is 20.7 Å². The first kappa shape index (κ1) is 21.2. The second kappa shape index (κ2) is 8.63. The van der Waals surface area contributed by atoms with E-state index in [4.69, 9.17) is 0 Å². The number of hydrogen-bond donors (Lipinski definition) is 4. The number of nitrogens with one attached hydrogen (secondary N) is 4. The van der Waals surface area contributed by atoms with Gasteiger partial charge >= 0.3 is 0 Å². The van der Waals surface area contributed by atoms with E-state index in [1.165, 1.54) is 11.3 Å². The van der Waals surface area contributed by atoms with Crippen LogP contribution in [-0.4, -0.2) is 39.6 Å². The van der Waals surface area contributed by atoms with Crippen LogP contribution in [0.1, 0.15) is 56.4 Å². The van der Waals surface area contributed by atoms with E-state index < -0.39 is 10.0 Å². The number of carbonyl (C=O) groups excluding carboxylic acids is 1. The van der Waals surface area contributed by atoms with Crippen molar-refractivity contribution in [2.24, 2.45) is 11.8 Å². The third-order valence-electron chi connectivity index (χ3n) is 5.92. The van der Waals surface area contributed by atoms with E-state index in [0.717, 1.165) is 55.5 Å². The standard InChI is InChI=1S/C20H32N4O3S2/c1-3-21-12(2)23-15-8-9-17-16(10-15)18(29(26,27)22-11-13-4-5-13)20(28-17)24-19(25)14-6-7-14/h12-15,21-23H,3-11H2,1-2H3,(H,24,25). The molecule has 4 N–H and O–H groups in total. The first-order chi connectivity index (χ1) is 13.9. The van der Waals surface area contributed by atoms with E-state index in [-0.39, 0.29) is 24.0 Å². The van der Waals surface area contributed by atoms with Crippen molar-refractivity contribution in [2.75, 3.05) is 18.4 Å². The lowest BCUT2D eigenvalue weighted by molar-refractivity contribution is -0.117. The molecule has 0 spiro atoms. The van der Waals surface area contributed by atoms with Gasteiger partial charge in [-0.1, -0.05) is 6.92 Å². The maximum atomic E-state index is 13.2. The summed E-state index contributed by atoms with van der Waals surface area (Å²) in [6.07, 6.45) is 6.61. The van der Waals surface area contributed by atoms with Crippen molar-refractivity contribution in [3.8, 4) is 0 Å². The summed E-state index contributed by atoms with van der Waals surface area (Å²) in [5.74, 6) is 0.455. The SMILES string of the molecule is CCNC(C)NC1CCc2sc(NC(=O)C3CC3)c(S(=O)(=O)NCC3CC3)c2C1. The summed E-state index contributed by atoms with van der Waals surface area (Å²) in [4.78, 5) is 13.8. The average molecular weight is 441 g/mol. The van der Waals surface area contributed by atoms with Crippen LogP contribution in [0, 0.1) is 11.8 Å². The molecule has 2 saturated carbocycles.